The second-order valence-electron chi connectivity index (χ2n) is 6.61. The Balaban J connectivity index is 1.79. The number of nitrogens with zero attached hydrogens (tertiary/aromatic N) is 2. The molecule has 0 atom stereocenters. The summed E-state index contributed by atoms with van der Waals surface area (Å²) in [5, 5.41) is 0. The number of rotatable bonds is 5. The molecule has 0 aromatic heterocycles. The Morgan fingerprint density at radius 3 is 2.52 bits per heavy atom. The van der Waals surface area contributed by atoms with Crippen molar-refractivity contribution in [2.24, 2.45) is 22.4 Å². The molecule has 136 valence electrons. The number of aliphatic imine (C=N–C) groups is 1. The monoisotopic (exact) mass is 344 g/mol. The molecule has 2 rings (SSSR count). The summed E-state index contributed by atoms with van der Waals surface area (Å²) in [6.07, 6.45) is 3.00. The van der Waals surface area contributed by atoms with Gasteiger partial charge in [-0.25, -0.2) is 4.79 Å². The SMILES string of the molecule is CC(C)C(N)=CC(N)=NC1CCN(C(=O)OCc2ccccc2)CC1. The molecule has 0 radical (unpaired) electrons. The first-order chi connectivity index (χ1) is 12.0. The fraction of sp³-hybridized carbons (Fsp3) is 0.474. The number of nitrogens with two attached hydrogens (primary N) is 2. The van der Waals surface area contributed by atoms with E-state index >= 15 is 0 Å². The number of amidine groups is 1. The third kappa shape index (κ3) is 6.14. The van der Waals surface area contributed by atoms with Crippen LogP contribution < -0.4 is 11.5 Å². The molecule has 1 aromatic rings. The molecule has 4 N–H and O–H groups in total. The van der Waals surface area contributed by atoms with Crippen LogP contribution in [0.2, 0.25) is 0 Å². The highest BCUT2D eigenvalue weighted by atomic mass is 16.6. The number of piperidine rings is 1. The van der Waals surface area contributed by atoms with Crippen molar-refractivity contribution in [1.29, 1.82) is 0 Å². The molecule has 0 unspecified atom stereocenters. The van der Waals surface area contributed by atoms with Gasteiger partial charge in [-0.05, 0) is 30.4 Å². The summed E-state index contributed by atoms with van der Waals surface area (Å²) in [7, 11) is 0. The lowest BCUT2D eigenvalue weighted by Crippen LogP contribution is -2.40. The largest absolute Gasteiger partial charge is 0.445 e. The minimum absolute atomic E-state index is 0.120. The number of likely N-dealkylation sites (tertiary alicyclic amines) is 1. The van der Waals surface area contributed by atoms with Gasteiger partial charge >= 0.3 is 6.09 Å². The van der Waals surface area contributed by atoms with E-state index in [0.29, 0.717) is 25.5 Å². The van der Waals surface area contributed by atoms with Gasteiger partial charge in [-0.2, -0.15) is 0 Å². The van der Waals surface area contributed by atoms with Crippen molar-refractivity contribution in [2.45, 2.75) is 39.3 Å². The van der Waals surface area contributed by atoms with Gasteiger partial charge in [0.05, 0.1) is 6.04 Å². The Morgan fingerprint density at radius 1 is 1.28 bits per heavy atom. The maximum atomic E-state index is 12.1. The second-order valence-corrected chi connectivity index (χ2v) is 6.61. The van der Waals surface area contributed by atoms with Crippen molar-refractivity contribution < 1.29 is 9.53 Å². The Hall–Kier alpha value is -2.50. The third-order valence-corrected chi connectivity index (χ3v) is 4.24. The molecule has 1 fully saturated rings. The van der Waals surface area contributed by atoms with E-state index in [1.54, 1.807) is 11.0 Å². The van der Waals surface area contributed by atoms with E-state index in [0.717, 1.165) is 24.1 Å². The van der Waals surface area contributed by atoms with Crippen LogP contribution in [0.3, 0.4) is 0 Å². The fourth-order valence-corrected chi connectivity index (χ4v) is 2.57. The van der Waals surface area contributed by atoms with Crippen molar-refractivity contribution in [3.05, 3.63) is 47.7 Å². The summed E-state index contributed by atoms with van der Waals surface area (Å²) >= 11 is 0. The summed E-state index contributed by atoms with van der Waals surface area (Å²) < 4.78 is 5.36. The quantitative estimate of drug-likeness (QED) is 0.634. The molecule has 25 heavy (non-hydrogen) atoms. The van der Waals surface area contributed by atoms with Crippen LogP contribution in [0.4, 0.5) is 4.79 Å². The summed E-state index contributed by atoms with van der Waals surface area (Å²) in [5.74, 6) is 0.700. The fourth-order valence-electron chi connectivity index (χ4n) is 2.57. The number of hydrogen-bond acceptors (Lipinski definition) is 4. The number of carbonyl (C=O) groups is 1. The zero-order chi connectivity index (χ0) is 18.2. The Bertz CT molecular complexity index is 618. The standard InChI is InChI=1S/C19H28N4O2/c1-14(2)17(20)12-18(21)22-16-8-10-23(11-9-16)19(24)25-13-15-6-4-3-5-7-15/h3-7,12,14,16H,8-11,13,20H2,1-2H3,(H2,21,22). The minimum atomic E-state index is -0.275. The van der Waals surface area contributed by atoms with Gasteiger partial charge in [0.15, 0.2) is 0 Å². The lowest BCUT2D eigenvalue weighted by Gasteiger charge is -2.29. The third-order valence-electron chi connectivity index (χ3n) is 4.24. The molecule has 6 heteroatoms. The van der Waals surface area contributed by atoms with Gasteiger partial charge in [0.1, 0.15) is 12.4 Å². The minimum Gasteiger partial charge on any atom is -0.445 e. The zero-order valence-electron chi connectivity index (χ0n) is 15.0. The van der Waals surface area contributed by atoms with Crippen LogP contribution in [-0.2, 0) is 11.3 Å². The van der Waals surface area contributed by atoms with Crippen LogP contribution in [0.25, 0.3) is 0 Å². The van der Waals surface area contributed by atoms with Gasteiger partial charge in [-0.3, -0.25) is 4.99 Å². The van der Waals surface area contributed by atoms with Crippen molar-refractivity contribution in [3.63, 3.8) is 0 Å². The lowest BCUT2D eigenvalue weighted by atomic mass is 10.1. The number of amides is 1. The van der Waals surface area contributed by atoms with Gasteiger partial charge in [0.25, 0.3) is 0 Å². The first kappa shape index (κ1) is 18.8. The van der Waals surface area contributed by atoms with Crippen molar-refractivity contribution in [1.82, 2.24) is 4.90 Å². The van der Waals surface area contributed by atoms with Gasteiger partial charge in [-0.1, -0.05) is 44.2 Å². The van der Waals surface area contributed by atoms with Crippen molar-refractivity contribution >= 4 is 11.9 Å². The lowest BCUT2D eigenvalue weighted by molar-refractivity contribution is 0.0874. The highest BCUT2D eigenvalue weighted by Gasteiger charge is 2.23. The first-order valence-corrected chi connectivity index (χ1v) is 8.71. The summed E-state index contributed by atoms with van der Waals surface area (Å²) in [5.41, 5.74) is 13.5. The molecule has 0 saturated carbocycles. The van der Waals surface area contributed by atoms with Crippen LogP contribution in [0, 0.1) is 5.92 Å². The molecule has 1 heterocycles. The highest BCUT2D eigenvalue weighted by molar-refractivity contribution is 5.92. The molecular weight excluding hydrogens is 316 g/mol. The molecule has 1 aliphatic heterocycles. The summed E-state index contributed by atoms with van der Waals surface area (Å²) in [4.78, 5) is 18.4. The number of hydrogen-bond donors (Lipinski definition) is 2. The topological polar surface area (TPSA) is 93.9 Å². The maximum absolute atomic E-state index is 12.1. The smallest absolute Gasteiger partial charge is 0.410 e. The molecular formula is C19H28N4O2. The normalized spacial score (nSPS) is 17.0. The molecule has 1 amide bonds. The molecule has 0 aliphatic carbocycles. The van der Waals surface area contributed by atoms with Gasteiger partial charge in [0, 0.05) is 18.8 Å². The Labute approximate surface area is 149 Å². The van der Waals surface area contributed by atoms with E-state index in [1.165, 1.54) is 0 Å². The zero-order valence-corrected chi connectivity index (χ0v) is 15.0. The van der Waals surface area contributed by atoms with Gasteiger partial charge in [-0.15, -0.1) is 0 Å². The van der Waals surface area contributed by atoms with Gasteiger partial charge in [0.2, 0.25) is 0 Å². The summed E-state index contributed by atoms with van der Waals surface area (Å²) in [6, 6.07) is 9.79. The van der Waals surface area contributed by atoms with Crippen LogP contribution in [0.15, 0.2) is 47.1 Å². The van der Waals surface area contributed by atoms with Crippen LogP contribution in [0.1, 0.15) is 32.3 Å². The average molecular weight is 344 g/mol. The second kappa shape index (κ2) is 9.11. The molecule has 0 bridgehead atoms. The van der Waals surface area contributed by atoms with Crippen LogP contribution in [-0.4, -0.2) is 36.0 Å². The molecule has 1 saturated heterocycles. The predicted octanol–water partition coefficient (Wildman–Crippen LogP) is 2.64. The van der Waals surface area contributed by atoms with Crippen molar-refractivity contribution in [3.8, 4) is 0 Å². The first-order valence-electron chi connectivity index (χ1n) is 8.71. The van der Waals surface area contributed by atoms with E-state index in [1.807, 2.05) is 44.2 Å². The molecule has 0 spiro atoms. The van der Waals surface area contributed by atoms with E-state index in [-0.39, 0.29) is 18.1 Å². The molecule has 1 aromatic carbocycles. The Kier molecular flexibility index (Phi) is 6.86. The van der Waals surface area contributed by atoms with E-state index < -0.39 is 0 Å². The van der Waals surface area contributed by atoms with Crippen LogP contribution in [0.5, 0.6) is 0 Å². The van der Waals surface area contributed by atoms with E-state index in [4.69, 9.17) is 16.2 Å². The number of carbonyl (C=O) groups excluding carboxylic acids is 1. The molecule has 1 aliphatic rings. The predicted molar refractivity (Wildman–Crippen MR) is 100.0 cm³/mol. The van der Waals surface area contributed by atoms with Gasteiger partial charge < -0.3 is 21.1 Å². The number of ether oxygens (including phenoxy) is 1. The van der Waals surface area contributed by atoms with E-state index in [9.17, 15) is 4.79 Å². The summed E-state index contributed by atoms with van der Waals surface area (Å²) in [6.45, 7) is 5.57. The number of allylic oxidation sites excluding steroid dienone is 1. The van der Waals surface area contributed by atoms with E-state index in [2.05, 4.69) is 4.99 Å². The van der Waals surface area contributed by atoms with Crippen LogP contribution >= 0.6 is 0 Å². The highest BCUT2D eigenvalue weighted by Crippen LogP contribution is 2.15. The molecule has 6 nitrogen and oxygen atoms in total. The number of benzene rings is 1. The van der Waals surface area contributed by atoms with Crippen molar-refractivity contribution in [2.75, 3.05) is 13.1 Å². The maximum Gasteiger partial charge on any atom is 0.410 e. The Morgan fingerprint density at radius 2 is 1.92 bits per heavy atom. The average Bonchev–Trinajstić information content (AvgIpc) is 2.61.